The van der Waals surface area contributed by atoms with Crippen LogP contribution >= 0.6 is 11.3 Å². The molecule has 0 radical (unpaired) electrons. The molecule has 0 amide bonds. The van der Waals surface area contributed by atoms with Crippen LogP contribution in [0, 0.1) is 0 Å². The largest absolute Gasteiger partial charge is 0.465 e. The van der Waals surface area contributed by atoms with E-state index in [1.807, 2.05) is 0 Å². The van der Waals surface area contributed by atoms with Crippen LogP contribution in [0.1, 0.15) is 15.2 Å². The molecule has 2 aromatic heterocycles. The van der Waals surface area contributed by atoms with Crippen molar-refractivity contribution in [2.45, 2.75) is 16.3 Å². The Balaban J connectivity index is 1.73. The maximum atomic E-state index is 12.9. The number of fused-ring (bicyclic) bond motifs is 1. The first kappa shape index (κ1) is 20.0. The van der Waals surface area contributed by atoms with Crippen LogP contribution in [-0.4, -0.2) is 31.3 Å². The Hall–Kier alpha value is -3.30. The Morgan fingerprint density at radius 2 is 1.87 bits per heavy atom. The standard InChI is InChI=1S/C21H16N2O5S2/c1-28-21(25)19-14(9-10-29-19)13-23-20(24)18-8-7-17(11-15(18)12-22-23)30(26,27)16-5-3-2-4-6-16/h2-12H,13H2,1H3. The van der Waals surface area contributed by atoms with E-state index < -0.39 is 15.8 Å². The van der Waals surface area contributed by atoms with E-state index in [1.165, 1.54) is 59.7 Å². The zero-order chi connectivity index (χ0) is 21.3. The van der Waals surface area contributed by atoms with E-state index in [0.29, 0.717) is 21.2 Å². The number of hydrogen-bond donors (Lipinski definition) is 0. The van der Waals surface area contributed by atoms with Crippen molar-refractivity contribution < 1.29 is 17.9 Å². The van der Waals surface area contributed by atoms with Crippen molar-refractivity contribution in [2.24, 2.45) is 0 Å². The molecule has 0 aliphatic carbocycles. The van der Waals surface area contributed by atoms with Crippen molar-refractivity contribution in [1.82, 2.24) is 9.78 Å². The monoisotopic (exact) mass is 440 g/mol. The molecule has 7 nitrogen and oxygen atoms in total. The number of aromatic nitrogens is 2. The summed E-state index contributed by atoms with van der Waals surface area (Å²) in [6.45, 7) is 0.104. The predicted octanol–water partition coefficient (Wildman–Crippen LogP) is 3.13. The molecule has 9 heteroatoms. The maximum Gasteiger partial charge on any atom is 0.348 e. The Labute approximate surface area is 176 Å². The van der Waals surface area contributed by atoms with Crippen LogP contribution in [0.25, 0.3) is 10.8 Å². The van der Waals surface area contributed by atoms with Gasteiger partial charge >= 0.3 is 5.97 Å². The molecule has 0 bridgehead atoms. The molecule has 2 aromatic carbocycles. The molecule has 0 fully saturated rings. The third-order valence-electron chi connectivity index (χ3n) is 4.63. The van der Waals surface area contributed by atoms with Gasteiger partial charge < -0.3 is 4.74 Å². The van der Waals surface area contributed by atoms with Crippen molar-refractivity contribution in [3.63, 3.8) is 0 Å². The number of carbonyl (C=O) groups is 1. The lowest BCUT2D eigenvalue weighted by atomic mass is 10.2. The highest BCUT2D eigenvalue weighted by atomic mass is 32.2. The summed E-state index contributed by atoms with van der Waals surface area (Å²) in [6.07, 6.45) is 1.45. The molecule has 30 heavy (non-hydrogen) atoms. The van der Waals surface area contributed by atoms with Gasteiger partial charge in [0.25, 0.3) is 5.56 Å². The number of esters is 1. The van der Waals surface area contributed by atoms with Gasteiger partial charge in [-0.2, -0.15) is 5.10 Å². The number of sulfone groups is 1. The van der Waals surface area contributed by atoms with Crippen molar-refractivity contribution >= 4 is 37.9 Å². The molecular weight excluding hydrogens is 424 g/mol. The van der Waals surface area contributed by atoms with Gasteiger partial charge in [0.15, 0.2) is 0 Å². The molecule has 4 aromatic rings. The summed E-state index contributed by atoms with van der Waals surface area (Å²) in [5, 5.41) is 6.67. The molecule has 0 saturated heterocycles. The second kappa shape index (κ2) is 7.85. The lowest BCUT2D eigenvalue weighted by molar-refractivity contribution is 0.0605. The minimum Gasteiger partial charge on any atom is -0.465 e. The van der Waals surface area contributed by atoms with Crippen molar-refractivity contribution in [2.75, 3.05) is 7.11 Å². The first-order valence-electron chi connectivity index (χ1n) is 8.86. The number of methoxy groups -OCH3 is 1. The molecule has 0 spiro atoms. The van der Waals surface area contributed by atoms with Gasteiger partial charge in [-0.3, -0.25) is 4.79 Å². The number of hydrogen-bond acceptors (Lipinski definition) is 7. The number of thiophene rings is 1. The first-order valence-corrected chi connectivity index (χ1v) is 11.2. The van der Waals surface area contributed by atoms with Crippen molar-refractivity contribution in [1.29, 1.82) is 0 Å². The van der Waals surface area contributed by atoms with Crippen LogP contribution < -0.4 is 5.56 Å². The van der Waals surface area contributed by atoms with Gasteiger partial charge in [-0.15, -0.1) is 11.3 Å². The molecule has 0 aliphatic rings. The molecule has 2 heterocycles. The highest BCUT2D eigenvalue weighted by Crippen LogP contribution is 2.23. The first-order chi connectivity index (χ1) is 14.4. The van der Waals surface area contributed by atoms with Gasteiger partial charge in [0.2, 0.25) is 9.84 Å². The normalized spacial score (nSPS) is 11.5. The topological polar surface area (TPSA) is 95.3 Å². The third-order valence-corrected chi connectivity index (χ3v) is 7.33. The number of ether oxygens (including phenoxy) is 1. The van der Waals surface area contributed by atoms with Crippen molar-refractivity contribution in [3.05, 3.63) is 87.0 Å². The van der Waals surface area contributed by atoms with E-state index in [0.717, 1.165) is 0 Å². The fourth-order valence-corrected chi connectivity index (χ4v) is 5.22. The van der Waals surface area contributed by atoms with Crippen LogP contribution in [0.4, 0.5) is 0 Å². The van der Waals surface area contributed by atoms with E-state index in [2.05, 4.69) is 5.10 Å². The van der Waals surface area contributed by atoms with Crippen LogP contribution in [0.3, 0.4) is 0 Å². The Morgan fingerprint density at radius 3 is 2.60 bits per heavy atom. The number of rotatable bonds is 5. The molecule has 0 atom stereocenters. The van der Waals surface area contributed by atoms with Crippen LogP contribution in [0.5, 0.6) is 0 Å². The fourth-order valence-electron chi connectivity index (χ4n) is 3.07. The molecule has 4 rings (SSSR count). The summed E-state index contributed by atoms with van der Waals surface area (Å²) in [4.78, 5) is 25.4. The van der Waals surface area contributed by atoms with E-state index in [9.17, 15) is 18.0 Å². The van der Waals surface area contributed by atoms with Crippen LogP contribution in [0.2, 0.25) is 0 Å². The van der Waals surface area contributed by atoms with E-state index in [4.69, 9.17) is 4.74 Å². The minimum atomic E-state index is -3.70. The van der Waals surface area contributed by atoms with Gasteiger partial charge in [0.05, 0.1) is 35.0 Å². The van der Waals surface area contributed by atoms with E-state index in [1.54, 1.807) is 29.6 Å². The number of benzene rings is 2. The summed E-state index contributed by atoms with van der Waals surface area (Å²) in [6, 6.07) is 14.2. The third kappa shape index (κ3) is 3.53. The quantitative estimate of drug-likeness (QED) is 0.443. The molecule has 0 saturated carbocycles. The van der Waals surface area contributed by atoms with Crippen LogP contribution in [-0.2, 0) is 21.1 Å². The summed E-state index contributed by atoms with van der Waals surface area (Å²) < 4.78 is 31.6. The average molecular weight is 441 g/mol. The molecule has 0 N–H and O–H groups in total. The highest BCUT2D eigenvalue weighted by Gasteiger charge is 2.19. The summed E-state index contributed by atoms with van der Waals surface area (Å²) in [5.41, 5.74) is 0.252. The highest BCUT2D eigenvalue weighted by molar-refractivity contribution is 7.91. The summed E-state index contributed by atoms with van der Waals surface area (Å²) in [7, 11) is -2.40. The van der Waals surface area contributed by atoms with Gasteiger partial charge in [-0.25, -0.2) is 17.9 Å². The van der Waals surface area contributed by atoms with E-state index >= 15 is 0 Å². The number of nitrogens with zero attached hydrogens (tertiary/aromatic N) is 2. The lowest BCUT2D eigenvalue weighted by Gasteiger charge is -2.08. The van der Waals surface area contributed by atoms with E-state index in [-0.39, 0.29) is 21.9 Å². The molecule has 152 valence electrons. The molecule has 0 aliphatic heterocycles. The van der Waals surface area contributed by atoms with Crippen LogP contribution in [0.15, 0.2) is 80.8 Å². The fraction of sp³-hybridized carbons (Fsp3) is 0.0952. The zero-order valence-electron chi connectivity index (χ0n) is 15.8. The number of carbonyl (C=O) groups excluding carboxylic acids is 1. The summed E-state index contributed by atoms with van der Waals surface area (Å²) in [5.74, 6) is -0.468. The zero-order valence-corrected chi connectivity index (χ0v) is 17.4. The smallest absolute Gasteiger partial charge is 0.348 e. The Kier molecular flexibility index (Phi) is 5.23. The predicted molar refractivity (Wildman–Crippen MR) is 113 cm³/mol. The molecule has 0 unspecified atom stereocenters. The van der Waals surface area contributed by atoms with Crippen molar-refractivity contribution in [3.8, 4) is 0 Å². The average Bonchev–Trinajstić information content (AvgIpc) is 3.23. The second-order valence-electron chi connectivity index (χ2n) is 6.44. The Morgan fingerprint density at radius 1 is 1.10 bits per heavy atom. The SMILES string of the molecule is COC(=O)c1sccc1Cn1ncc2cc(S(=O)(=O)c3ccccc3)ccc2c1=O. The summed E-state index contributed by atoms with van der Waals surface area (Å²) >= 11 is 1.23. The molecular formula is C21H16N2O5S2. The Bertz CT molecular complexity index is 1410. The van der Waals surface area contributed by atoms with Gasteiger partial charge in [0, 0.05) is 5.39 Å². The minimum absolute atomic E-state index is 0.0889. The van der Waals surface area contributed by atoms with Gasteiger partial charge in [-0.05, 0) is 47.3 Å². The van der Waals surface area contributed by atoms with Gasteiger partial charge in [0.1, 0.15) is 4.88 Å². The lowest BCUT2D eigenvalue weighted by Crippen LogP contribution is -2.24. The maximum absolute atomic E-state index is 12.9. The van der Waals surface area contributed by atoms with Gasteiger partial charge in [-0.1, -0.05) is 18.2 Å². The second-order valence-corrected chi connectivity index (χ2v) is 9.31.